The quantitative estimate of drug-likeness (QED) is 0.825. The smallest absolute Gasteiger partial charge is 0.253 e. The molecule has 88 valence electrons. The second-order valence-electron chi connectivity index (χ2n) is 3.13. The molecule has 2 N–H and O–H groups in total. The van der Waals surface area contributed by atoms with Gasteiger partial charge in [-0.1, -0.05) is 6.92 Å². The summed E-state index contributed by atoms with van der Waals surface area (Å²) in [4.78, 5) is 15.4. The predicted molar refractivity (Wildman–Crippen MR) is 63.4 cm³/mol. The van der Waals surface area contributed by atoms with Gasteiger partial charge in [-0.05, 0) is 28.4 Å². The fourth-order valence-corrected chi connectivity index (χ4v) is 1.48. The SMILES string of the molecule is CC[C@H](O)C(=O)Nc1cc(Br)nc(OC)c1. The molecule has 0 radical (unpaired) electrons. The number of halogens is 1. The molecule has 1 heterocycles. The normalized spacial score (nSPS) is 12.0. The number of aliphatic hydroxyl groups excluding tert-OH is 1. The number of nitrogens with zero attached hydrogens (tertiary/aromatic N) is 1. The first-order valence-corrected chi connectivity index (χ1v) is 5.56. The monoisotopic (exact) mass is 288 g/mol. The van der Waals surface area contributed by atoms with E-state index in [0.29, 0.717) is 22.6 Å². The Morgan fingerprint density at radius 3 is 2.94 bits per heavy atom. The lowest BCUT2D eigenvalue weighted by Gasteiger charge is -2.10. The van der Waals surface area contributed by atoms with Crippen LogP contribution in [-0.2, 0) is 4.79 Å². The lowest BCUT2D eigenvalue weighted by molar-refractivity contribution is -0.124. The van der Waals surface area contributed by atoms with Crippen LogP contribution in [-0.4, -0.2) is 29.2 Å². The Morgan fingerprint density at radius 2 is 2.38 bits per heavy atom. The van der Waals surface area contributed by atoms with Gasteiger partial charge in [0, 0.05) is 11.8 Å². The highest BCUT2D eigenvalue weighted by molar-refractivity contribution is 9.10. The lowest BCUT2D eigenvalue weighted by atomic mass is 10.2. The second kappa shape index (κ2) is 5.81. The maximum Gasteiger partial charge on any atom is 0.253 e. The highest BCUT2D eigenvalue weighted by Crippen LogP contribution is 2.20. The van der Waals surface area contributed by atoms with E-state index in [1.807, 2.05) is 0 Å². The summed E-state index contributed by atoms with van der Waals surface area (Å²) in [6, 6.07) is 3.20. The average molecular weight is 289 g/mol. The Balaban J connectivity index is 2.81. The molecular weight excluding hydrogens is 276 g/mol. The van der Waals surface area contributed by atoms with Gasteiger partial charge in [-0.2, -0.15) is 0 Å². The summed E-state index contributed by atoms with van der Waals surface area (Å²) >= 11 is 3.19. The van der Waals surface area contributed by atoms with E-state index in [9.17, 15) is 9.90 Å². The number of aliphatic hydroxyl groups is 1. The fourth-order valence-electron chi connectivity index (χ4n) is 1.06. The molecule has 0 aliphatic carbocycles. The molecule has 16 heavy (non-hydrogen) atoms. The molecule has 0 saturated carbocycles. The number of nitrogens with one attached hydrogen (secondary N) is 1. The Kier molecular flexibility index (Phi) is 4.70. The summed E-state index contributed by atoms with van der Waals surface area (Å²) in [6.07, 6.45) is -0.632. The predicted octanol–water partition coefficient (Wildman–Crippen LogP) is 1.56. The number of ether oxygens (including phenoxy) is 1. The van der Waals surface area contributed by atoms with Crippen LogP contribution in [0.5, 0.6) is 5.88 Å². The third-order valence-corrected chi connectivity index (χ3v) is 2.34. The first kappa shape index (κ1) is 12.9. The van der Waals surface area contributed by atoms with Crippen LogP contribution in [0.1, 0.15) is 13.3 Å². The highest BCUT2D eigenvalue weighted by Gasteiger charge is 2.13. The van der Waals surface area contributed by atoms with Gasteiger partial charge >= 0.3 is 0 Å². The number of pyridine rings is 1. The average Bonchev–Trinajstić information content (AvgIpc) is 2.26. The van der Waals surface area contributed by atoms with Crippen LogP contribution in [0.15, 0.2) is 16.7 Å². The molecule has 0 unspecified atom stereocenters. The van der Waals surface area contributed by atoms with E-state index in [1.165, 1.54) is 7.11 Å². The number of methoxy groups -OCH3 is 1. The van der Waals surface area contributed by atoms with E-state index in [4.69, 9.17) is 4.74 Å². The Bertz CT molecular complexity index is 384. The first-order valence-electron chi connectivity index (χ1n) is 4.77. The number of aromatic nitrogens is 1. The number of anilines is 1. The zero-order chi connectivity index (χ0) is 12.1. The summed E-state index contributed by atoms with van der Waals surface area (Å²) in [5, 5.41) is 11.9. The van der Waals surface area contributed by atoms with Gasteiger partial charge in [-0.3, -0.25) is 4.79 Å². The molecule has 1 amide bonds. The summed E-state index contributed by atoms with van der Waals surface area (Å²) in [5.74, 6) is -0.0571. The van der Waals surface area contributed by atoms with E-state index < -0.39 is 12.0 Å². The minimum absolute atomic E-state index is 0.370. The Labute approximate surface area is 102 Å². The molecule has 0 aromatic carbocycles. The van der Waals surface area contributed by atoms with Gasteiger partial charge in [-0.25, -0.2) is 4.98 Å². The van der Waals surface area contributed by atoms with Crippen molar-refractivity contribution in [3.8, 4) is 5.88 Å². The Hall–Kier alpha value is -1.14. The second-order valence-corrected chi connectivity index (χ2v) is 3.95. The number of amides is 1. The van der Waals surface area contributed by atoms with Crippen molar-refractivity contribution >= 4 is 27.5 Å². The molecule has 0 saturated heterocycles. The van der Waals surface area contributed by atoms with Gasteiger partial charge in [-0.15, -0.1) is 0 Å². The number of carbonyl (C=O) groups is 1. The molecule has 5 nitrogen and oxygen atoms in total. The molecule has 0 bridgehead atoms. The number of hydrogen-bond donors (Lipinski definition) is 2. The van der Waals surface area contributed by atoms with Crippen molar-refractivity contribution in [2.24, 2.45) is 0 Å². The van der Waals surface area contributed by atoms with Crippen molar-refractivity contribution in [3.05, 3.63) is 16.7 Å². The molecule has 0 aliphatic heterocycles. The largest absolute Gasteiger partial charge is 0.481 e. The standard InChI is InChI=1S/C10H13BrN2O3/c1-3-7(14)10(15)12-6-4-8(11)13-9(5-6)16-2/h4-5,7,14H,3H2,1-2H3,(H,12,13,15)/t7-/m0/s1. The van der Waals surface area contributed by atoms with E-state index in [1.54, 1.807) is 19.1 Å². The van der Waals surface area contributed by atoms with Crippen molar-refractivity contribution in [1.29, 1.82) is 0 Å². The van der Waals surface area contributed by atoms with Crippen LogP contribution in [0.2, 0.25) is 0 Å². The van der Waals surface area contributed by atoms with Crippen molar-refractivity contribution in [2.75, 3.05) is 12.4 Å². The number of hydrogen-bond acceptors (Lipinski definition) is 4. The summed E-state index contributed by atoms with van der Waals surface area (Å²) < 4.78 is 5.50. The van der Waals surface area contributed by atoms with Gasteiger partial charge in [0.15, 0.2) is 0 Å². The van der Waals surface area contributed by atoms with E-state index >= 15 is 0 Å². The van der Waals surface area contributed by atoms with Crippen LogP contribution in [0.4, 0.5) is 5.69 Å². The van der Waals surface area contributed by atoms with Gasteiger partial charge in [0.25, 0.3) is 5.91 Å². The van der Waals surface area contributed by atoms with Gasteiger partial charge in [0.1, 0.15) is 10.7 Å². The van der Waals surface area contributed by atoms with Crippen LogP contribution in [0, 0.1) is 0 Å². The summed E-state index contributed by atoms with van der Waals surface area (Å²) in [5.41, 5.74) is 0.524. The van der Waals surface area contributed by atoms with Crippen LogP contribution < -0.4 is 10.1 Å². The van der Waals surface area contributed by atoms with E-state index in [2.05, 4.69) is 26.2 Å². The van der Waals surface area contributed by atoms with Crippen molar-refractivity contribution in [1.82, 2.24) is 4.98 Å². The maximum atomic E-state index is 11.4. The zero-order valence-electron chi connectivity index (χ0n) is 9.03. The molecule has 1 aromatic rings. The third-order valence-electron chi connectivity index (χ3n) is 1.94. The first-order chi connectivity index (χ1) is 7.56. The van der Waals surface area contributed by atoms with Gasteiger partial charge in [0.05, 0.1) is 7.11 Å². The number of carbonyl (C=O) groups excluding carboxylic acids is 1. The highest BCUT2D eigenvalue weighted by atomic mass is 79.9. The molecule has 0 spiro atoms. The molecule has 0 aliphatic rings. The van der Waals surface area contributed by atoms with Crippen molar-refractivity contribution < 1.29 is 14.6 Å². The molecular formula is C10H13BrN2O3. The van der Waals surface area contributed by atoms with Crippen LogP contribution in [0.25, 0.3) is 0 Å². The van der Waals surface area contributed by atoms with E-state index in [0.717, 1.165) is 0 Å². The van der Waals surface area contributed by atoms with Crippen molar-refractivity contribution in [3.63, 3.8) is 0 Å². The minimum atomic E-state index is -1.00. The van der Waals surface area contributed by atoms with Crippen molar-refractivity contribution in [2.45, 2.75) is 19.4 Å². The molecule has 0 fully saturated rings. The maximum absolute atomic E-state index is 11.4. The summed E-state index contributed by atoms with van der Waals surface area (Å²) in [7, 11) is 1.49. The zero-order valence-corrected chi connectivity index (χ0v) is 10.6. The van der Waals surface area contributed by atoms with E-state index in [-0.39, 0.29) is 0 Å². The van der Waals surface area contributed by atoms with Crippen LogP contribution >= 0.6 is 15.9 Å². The summed E-state index contributed by atoms with van der Waals surface area (Å²) in [6.45, 7) is 1.73. The minimum Gasteiger partial charge on any atom is -0.481 e. The molecule has 1 atom stereocenters. The van der Waals surface area contributed by atoms with Gasteiger partial charge in [0.2, 0.25) is 5.88 Å². The molecule has 6 heteroatoms. The topological polar surface area (TPSA) is 71.5 Å². The van der Waals surface area contributed by atoms with Gasteiger partial charge < -0.3 is 15.2 Å². The Morgan fingerprint density at radius 1 is 1.69 bits per heavy atom. The molecule has 1 rings (SSSR count). The lowest BCUT2D eigenvalue weighted by Crippen LogP contribution is -2.26. The number of rotatable bonds is 4. The third kappa shape index (κ3) is 3.46. The fraction of sp³-hybridized carbons (Fsp3) is 0.400. The van der Waals surface area contributed by atoms with Crippen LogP contribution in [0.3, 0.4) is 0 Å². The molecule has 1 aromatic heterocycles.